The highest BCUT2D eigenvalue weighted by Gasteiger charge is 2.31. The molecule has 3 fully saturated rings. The van der Waals surface area contributed by atoms with Crippen molar-refractivity contribution >= 4 is 24.3 Å². The second-order valence-corrected chi connectivity index (χ2v) is 8.93. The molecule has 1 unspecified atom stereocenters. The molecule has 12 heteroatoms. The third kappa shape index (κ3) is 6.13. The van der Waals surface area contributed by atoms with Gasteiger partial charge in [-0.15, -0.1) is 12.4 Å². The van der Waals surface area contributed by atoms with Gasteiger partial charge >= 0.3 is 0 Å². The first-order valence-corrected chi connectivity index (χ1v) is 10.8. The van der Waals surface area contributed by atoms with E-state index in [4.69, 9.17) is 47.4 Å². The summed E-state index contributed by atoms with van der Waals surface area (Å²) in [5.41, 5.74) is 24.9. The van der Waals surface area contributed by atoms with Crippen molar-refractivity contribution in [2.24, 2.45) is 22.9 Å². The highest BCUT2D eigenvalue weighted by Crippen LogP contribution is 2.31. The van der Waals surface area contributed by atoms with Gasteiger partial charge < -0.3 is 42.2 Å². The third-order valence-corrected chi connectivity index (χ3v) is 6.03. The van der Waals surface area contributed by atoms with E-state index >= 15 is 0 Å². The summed E-state index contributed by atoms with van der Waals surface area (Å²) >= 11 is 0. The van der Waals surface area contributed by atoms with Gasteiger partial charge in [0.25, 0.3) is 0 Å². The molecule has 0 aromatic carbocycles. The van der Waals surface area contributed by atoms with E-state index < -0.39 is 0 Å². The summed E-state index contributed by atoms with van der Waals surface area (Å²) in [6.07, 6.45) is 2.96. The molecule has 176 valence electrons. The van der Waals surface area contributed by atoms with Crippen molar-refractivity contribution in [3.63, 3.8) is 0 Å². The topological polar surface area (TPSA) is 168 Å². The lowest BCUT2D eigenvalue weighted by atomic mass is 9.83. The number of hydrogen-bond acceptors (Lipinski definition) is 11. The Kier molecular flexibility index (Phi) is 8.25. The number of likely N-dealkylation sites (N-methyl/N-ethyl adjacent to an activating group) is 1. The molecule has 2 saturated heterocycles. The molecule has 1 saturated carbocycles. The van der Waals surface area contributed by atoms with Gasteiger partial charge in [-0.1, -0.05) is 0 Å². The van der Waals surface area contributed by atoms with Gasteiger partial charge in [-0.3, -0.25) is 0 Å². The minimum atomic E-state index is -0.285. The molecule has 0 radical (unpaired) electrons. The van der Waals surface area contributed by atoms with Crippen molar-refractivity contribution in [1.29, 1.82) is 0 Å². The van der Waals surface area contributed by atoms with E-state index in [9.17, 15) is 0 Å². The van der Waals surface area contributed by atoms with E-state index in [2.05, 4.69) is 4.90 Å². The van der Waals surface area contributed by atoms with Crippen molar-refractivity contribution in [3.8, 4) is 0 Å². The molecule has 4 rings (SSSR count). The molecule has 0 amide bonds. The van der Waals surface area contributed by atoms with Gasteiger partial charge in [0.05, 0.1) is 19.8 Å². The average molecular weight is 458 g/mol. The molecule has 31 heavy (non-hydrogen) atoms. The van der Waals surface area contributed by atoms with Crippen LogP contribution in [-0.2, 0) is 9.47 Å². The number of halogens is 1. The Balaban J connectivity index is 0.00000272. The standard InChI is InChI=1S/C19H35N9O2.ClH/c1-27(10-16-29-2-3-30-16)18-24-17(11-4-12(20)6-13(21)5-11)25-19(26-18)28-8-14(22)7-15(23)9-28;/h11-16H,2-10,20-23H2,1H3;1H/t11?,12-,13+,14-,15+;. The van der Waals surface area contributed by atoms with Crippen LogP contribution < -0.4 is 32.7 Å². The summed E-state index contributed by atoms with van der Waals surface area (Å²) in [5.74, 6) is 2.01. The summed E-state index contributed by atoms with van der Waals surface area (Å²) in [6, 6.07) is 0.0912. The molecule has 3 aliphatic rings. The lowest BCUT2D eigenvalue weighted by Crippen LogP contribution is -2.53. The predicted octanol–water partition coefficient (Wildman–Crippen LogP) is -1.11. The molecule has 0 spiro atoms. The van der Waals surface area contributed by atoms with Crippen LogP contribution in [0.2, 0.25) is 0 Å². The zero-order valence-corrected chi connectivity index (χ0v) is 18.9. The zero-order valence-electron chi connectivity index (χ0n) is 18.1. The number of rotatable bonds is 5. The Bertz CT molecular complexity index is 659. The molecule has 1 aromatic heterocycles. The molecular weight excluding hydrogens is 422 g/mol. The van der Waals surface area contributed by atoms with Gasteiger partial charge in [0.15, 0.2) is 6.29 Å². The van der Waals surface area contributed by atoms with Crippen LogP contribution >= 0.6 is 12.4 Å². The van der Waals surface area contributed by atoms with E-state index in [0.29, 0.717) is 44.7 Å². The number of piperidine rings is 1. The summed E-state index contributed by atoms with van der Waals surface area (Å²) in [7, 11) is 1.93. The fourth-order valence-corrected chi connectivity index (χ4v) is 4.64. The third-order valence-electron chi connectivity index (χ3n) is 6.03. The number of nitrogens with two attached hydrogens (primary N) is 4. The van der Waals surface area contributed by atoms with Gasteiger partial charge in [0.2, 0.25) is 11.9 Å². The fraction of sp³-hybridized carbons (Fsp3) is 0.842. The van der Waals surface area contributed by atoms with Crippen LogP contribution in [0.4, 0.5) is 11.9 Å². The number of nitrogens with zero attached hydrogens (tertiary/aromatic N) is 5. The molecule has 1 aliphatic carbocycles. The maximum Gasteiger partial charge on any atom is 0.230 e. The van der Waals surface area contributed by atoms with E-state index in [1.165, 1.54) is 0 Å². The number of hydrogen-bond donors (Lipinski definition) is 4. The lowest BCUT2D eigenvalue weighted by Gasteiger charge is -2.36. The van der Waals surface area contributed by atoms with Gasteiger partial charge in [-0.05, 0) is 25.7 Å². The van der Waals surface area contributed by atoms with Crippen LogP contribution in [-0.4, -0.2) is 85.3 Å². The number of aromatic nitrogens is 3. The second-order valence-electron chi connectivity index (χ2n) is 8.93. The first-order chi connectivity index (χ1) is 14.4. The van der Waals surface area contributed by atoms with Gasteiger partial charge in [0, 0.05) is 50.2 Å². The van der Waals surface area contributed by atoms with Gasteiger partial charge in [-0.25, -0.2) is 0 Å². The van der Waals surface area contributed by atoms with E-state index in [-0.39, 0.29) is 48.8 Å². The highest BCUT2D eigenvalue weighted by atomic mass is 35.5. The summed E-state index contributed by atoms with van der Waals surface area (Å²) < 4.78 is 11.2. The molecule has 5 atom stereocenters. The molecule has 1 aromatic rings. The normalized spacial score (nSPS) is 32.0. The van der Waals surface area contributed by atoms with Crippen LogP contribution in [0.1, 0.15) is 37.4 Å². The summed E-state index contributed by atoms with van der Waals surface area (Å²) in [5, 5.41) is 0. The van der Waals surface area contributed by atoms with E-state index in [0.717, 1.165) is 31.5 Å². The Labute approximate surface area is 189 Å². The second kappa shape index (κ2) is 10.5. The molecule has 8 N–H and O–H groups in total. The van der Waals surface area contributed by atoms with Crippen LogP contribution in [0.3, 0.4) is 0 Å². The van der Waals surface area contributed by atoms with Crippen molar-refractivity contribution in [1.82, 2.24) is 15.0 Å². The minimum Gasteiger partial charge on any atom is -0.348 e. The van der Waals surface area contributed by atoms with Crippen LogP contribution in [0.5, 0.6) is 0 Å². The first kappa shape index (κ1) is 24.3. The SMILES string of the molecule is CN(CC1OCCO1)c1nc(C2C[C@@H](N)C[C@@H](N)C2)nc(N2C[C@H](N)C[C@H](N)C2)n1.Cl. The zero-order chi connectivity index (χ0) is 21.3. The number of anilines is 2. The minimum absolute atomic E-state index is 0. The highest BCUT2D eigenvalue weighted by molar-refractivity contribution is 5.85. The van der Waals surface area contributed by atoms with Crippen LogP contribution in [0, 0.1) is 0 Å². The largest absolute Gasteiger partial charge is 0.348 e. The molecule has 2 aliphatic heterocycles. The van der Waals surface area contributed by atoms with Crippen molar-refractivity contribution < 1.29 is 9.47 Å². The maximum atomic E-state index is 6.24. The van der Waals surface area contributed by atoms with E-state index in [1.807, 2.05) is 11.9 Å². The predicted molar refractivity (Wildman–Crippen MR) is 121 cm³/mol. The van der Waals surface area contributed by atoms with Crippen molar-refractivity contribution in [2.45, 2.75) is 62.1 Å². The molecular formula is C19H36ClN9O2. The van der Waals surface area contributed by atoms with Crippen LogP contribution in [0.15, 0.2) is 0 Å². The summed E-state index contributed by atoms with van der Waals surface area (Å²) in [6.45, 7) is 3.07. The number of ether oxygens (including phenoxy) is 2. The van der Waals surface area contributed by atoms with Gasteiger partial charge in [0.1, 0.15) is 5.82 Å². The Morgan fingerprint density at radius 2 is 1.45 bits per heavy atom. The first-order valence-electron chi connectivity index (χ1n) is 10.8. The Hall–Kier alpha value is -1.34. The van der Waals surface area contributed by atoms with Crippen molar-refractivity contribution in [2.75, 3.05) is 49.7 Å². The molecule has 0 bridgehead atoms. The monoisotopic (exact) mass is 457 g/mol. The summed E-state index contributed by atoms with van der Waals surface area (Å²) in [4.78, 5) is 18.4. The molecule has 11 nitrogen and oxygen atoms in total. The maximum absolute atomic E-state index is 6.24. The average Bonchev–Trinajstić information content (AvgIpc) is 3.19. The van der Waals surface area contributed by atoms with Gasteiger partial charge in [-0.2, -0.15) is 15.0 Å². The lowest BCUT2D eigenvalue weighted by molar-refractivity contribution is -0.0338. The quantitative estimate of drug-likeness (QED) is 0.423. The smallest absolute Gasteiger partial charge is 0.230 e. The van der Waals surface area contributed by atoms with Crippen molar-refractivity contribution in [3.05, 3.63) is 5.82 Å². The fourth-order valence-electron chi connectivity index (χ4n) is 4.64. The van der Waals surface area contributed by atoms with E-state index in [1.54, 1.807) is 0 Å². The Morgan fingerprint density at radius 1 is 0.871 bits per heavy atom. The molecule has 3 heterocycles. The Morgan fingerprint density at radius 3 is 2.06 bits per heavy atom. The van der Waals surface area contributed by atoms with Crippen LogP contribution in [0.25, 0.3) is 0 Å².